The van der Waals surface area contributed by atoms with E-state index in [0.717, 1.165) is 30.9 Å². The number of carbonyl (C=O) groups excluding carboxylic acids is 1. The maximum atomic E-state index is 12.7. The summed E-state index contributed by atoms with van der Waals surface area (Å²) < 4.78 is 29.6. The molecule has 0 radical (unpaired) electrons. The normalized spacial score (nSPS) is 14.8. The van der Waals surface area contributed by atoms with E-state index in [2.05, 4.69) is 10.2 Å². The van der Waals surface area contributed by atoms with Gasteiger partial charge in [0.05, 0.1) is 17.3 Å². The Labute approximate surface area is 183 Å². The molecule has 1 aliphatic heterocycles. The van der Waals surface area contributed by atoms with Crippen LogP contribution in [0.15, 0.2) is 53.4 Å². The number of nitrogens with zero attached hydrogens (tertiary/aromatic N) is 2. The van der Waals surface area contributed by atoms with Crippen molar-refractivity contribution in [3.05, 3.63) is 48.5 Å². The predicted octanol–water partition coefficient (Wildman–Crippen LogP) is 2.56. The van der Waals surface area contributed by atoms with Crippen molar-refractivity contribution in [2.24, 2.45) is 5.73 Å². The van der Waals surface area contributed by atoms with Gasteiger partial charge in [-0.2, -0.15) is 0 Å². The monoisotopic (exact) mass is 446 g/mol. The summed E-state index contributed by atoms with van der Waals surface area (Å²) in [5.41, 5.74) is 7.03. The molecule has 0 aliphatic carbocycles. The Hall–Kier alpha value is -2.78. The number of ether oxygens (including phenoxy) is 1. The standard InChI is InChI=1S/C22H30N4O4S/c1-2-30-20-8-6-19(7-9-20)25-13-3-14-26(16-15-25)22(27)24-18-4-10-21(11-5-18)31(28,29)17-12-23/h4-11H,2-3,12-17,23H2,1H3,(H,24,27). The van der Waals surface area contributed by atoms with Crippen LogP contribution in [-0.2, 0) is 9.84 Å². The van der Waals surface area contributed by atoms with Gasteiger partial charge in [0.1, 0.15) is 5.75 Å². The van der Waals surface area contributed by atoms with Crippen LogP contribution in [0, 0.1) is 0 Å². The predicted molar refractivity (Wildman–Crippen MR) is 123 cm³/mol. The zero-order valence-corrected chi connectivity index (χ0v) is 18.6. The number of sulfone groups is 1. The average Bonchev–Trinajstić information content (AvgIpc) is 3.01. The van der Waals surface area contributed by atoms with Gasteiger partial charge in [-0.3, -0.25) is 0 Å². The van der Waals surface area contributed by atoms with Crippen molar-refractivity contribution in [3.63, 3.8) is 0 Å². The van der Waals surface area contributed by atoms with Gasteiger partial charge >= 0.3 is 6.03 Å². The number of hydrogen-bond donors (Lipinski definition) is 2. The lowest BCUT2D eigenvalue weighted by Gasteiger charge is -2.24. The van der Waals surface area contributed by atoms with Crippen LogP contribution in [0.1, 0.15) is 13.3 Å². The van der Waals surface area contributed by atoms with Gasteiger partial charge in [0.15, 0.2) is 9.84 Å². The van der Waals surface area contributed by atoms with Gasteiger partial charge < -0.3 is 25.6 Å². The molecule has 31 heavy (non-hydrogen) atoms. The summed E-state index contributed by atoms with van der Waals surface area (Å²) in [5.74, 6) is 0.751. The molecule has 168 valence electrons. The van der Waals surface area contributed by atoms with Crippen molar-refractivity contribution in [1.29, 1.82) is 0 Å². The number of carbonyl (C=O) groups is 1. The molecule has 0 atom stereocenters. The summed E-state index contributed by atoms with van der Waals surface area (Å²) in [4.78, 5) is 17.0. The van der Waals surface area contributed by atoms with E-state index in [0.29, 0.717) is 25.4 Å². The van der Waals surface area contributed by atoms with Gasteiger partial charge in [-0.05, 0) is 61.9 Å². The van der Waals surface area contributed by atoms with Gasteiger partial charge in [0.25, 0.3) is 0 Å². The van der Waals surface area contributed by atoms with Crippen LogP contribution in [0.4, 0.5) is 16.2 Å². The summed E-state index contributed by atoms with van der Waals surface area (Å²) in [6.07, 6.45) is 0.858. The Morgan fingerprint density at radius 2 is 1.74 bits per heavy atom. The summed E-state index contributed by atoms with van der Waals surface area (Å²) in [7, 11) is -3.38. The van der Waals surface area contributed by atoms with Gasteiger partial charge in [-0.1, -0.05) is 0 Å². The fourth-order valence-electron chi connectivity index (χ4n) is 3.52. The molecule has 1 fully saturated rings. The third-order valence-corrected chi connectivity index (χ3v) is 6.91. The Morgan fingerprint density at radius 3 is 2.39 bits per heavy atom. The Kier molecular flexibility index (Phi) is 7.75. The van der Waals surface area contributed by atoms with Crippen molar-refractivity contribution in [1.82, 2.24) is 4.90 Å². The van der Waals surface area contributed by atoms with Crippen molar-refractivity contribution >= 4 is 27.2 Å². The second-order valence-corrected chi connectivity index (χ2v) is 9.43. The molecule has 0 aromatic heterocycles. The van der Waals surface area contributed by atoms with E-state index in [-0.39, 0.29) is 23.2 Å². The van der Waals surface area contributed by atoms with Gasteiger partial charge in [0.2, 0.25) is 0 Å². The van der Waals surface area contributed by atoms with Crippen molar-refractivity contribution in [2.75, 3.05) is 55.3 Å². The maximum absolute atomic E-state index is 12.7. The smallest absolute Gasteiger partial charge is 0.321 e. The van der Waals surface area contributed by atoms with Crippen molar-refractivity contribution in [2.45, 2.75) is 18.2 Å². The third-order valence-electron chi connectivity index (χ3n) is 5.15. The number of amides is 2. The number of urea groups is 1. The van der Waals surface area contributed by atoms with Crippen LogP contribution >= 0.6 is 0 Å². The molecule has 2 amide bonds. The molecule has 3 N–H and O–H groups in total. The molecule has 2 aromatic rings. The summed E-state index contributed by atoms with van der Waals surface area (Å²) >= 11 is 0. The first-order chi connectivity index (χ1) is 14.9. The third kappa shape index (κ3) is 6.11. The van der Waals surface area contributed by atoms with Crippen LogP contribution in [0.5, 0.6) is 5.75 Å². The zero-order valence-electron chi connectivity index (χ0n) is 17.8. The van der Waals surface area contributed by atoms with E-state index in [1.807, 2.05) is 31.2 Å². The molecule has 0 saturated carbocycles. The summed E-state index contributed by atoms with van der Waals surface area (Å²) in [5, 5.41) is 2.86. The lowest BCUT2D eigenvalue weighted by Crippen LogP contribution is -2.38. The zero-order chi connectivity index (χ0) is 22.3. The molecule has 2 aromatic carbocycles. The first-order valence-corrected chi connectivity index (χ1v) is 12.1. The largest absolute Gasteiger partial charge is 0.494 e. The molecule has 8 nitrogen and oxygen atoms in total. The number of hydrogen-bond acceptors (Lipinski definition) is 6. The van der Waals surface area contributed by atoms with Crippen molar-refractivity contribution in [3.8, 4) is 5.75 Å². The molecule has 3 rings (SSSR count). The van der Waals surface area contributed by atoms with Crippen LogP contribution < -0.4 is 20.7 Å². The Bertz CT molecular complexity index is 962. The highest BCUT2D eigenvalue weighted by molar-refractivity contribution is 7.91. The number of nitrogens with two attached hydrogens (primary N) is 1. The van der Waals surface area contributed by atoms with E-state index in [1.54, 1.807) is 17.0 Å². The van der Waals surface area contributed by atoms with Crippen LogP contribution in [-0.4, -0.2) is 64.4 Å². The fraction of sp³-hybridized carbons (Fsp3) is 0.409. The number of anilines is 2. The second-order valence-electron chi connectivity index (χ2n) is 7.32. The topological polar surface area (TPSA) is 105 Å². The van der Waals surface area contributed by atoms with Crippen LogP contribution in [0.3, 0.4) is 0 Å². The van der Waals surface area contributed by atoms with Crippen LogP contribution in [0.25, 0.3) is 0 Å². The van der Waals surface area contributed by atoms with E-state index in [4.69, 9.17) is 10.5 Å². The molecule has 0 unspecified atom stereocenters. The van der Waals surface area contributed by atoms with Crippen LogP contribution in [0.2, 0.25) is 0 Å². The van der Waals surface area contributed by atoms with E-state index < -0.39 is 9.84 Å². The van der Waals surface area contributed by atoms with E-state index in [1.165, 1.54) is 12.1 Å². The number of nitrogens with one attached hydrogen (secondary N) is 1. The molecular formula is C22H30N4O4S. The quantitative estimate of drug-likeness (QED) is 0.677. The van der Waals surface area contributed by atoms with E-state index >= 15 is 0 Å². The average molecular weight is 447 g/mol. The highest BCUT2D eigenvalue weighted by Crippen LogP contribution is 2.21. The van der Waals surface area contributed by atoms with Gasteiger partial charge in [-0.15, -0.1) is 0 Å². The lowest BCUT2D eigenvalue weighted by molar-refractivity contribution is 0.215. The minimum Gasteiger partial charge on any atom is -0.494 e. The minimum absolute atomic E-state index is 0.0729. The molecular weight excluding hydrogens is 416 g/mol. The first-order valence-electron chi connectivity index (χ1n) is 10.5. The van der Waals surface area contributed by atoms with Crippen molar-refractivity contribution < 1.29 is 17.9 Å². The maximum Gasteiger partial charge on any atom is 0.321 e. The molecule has 1 saturated heterocycles. The molecule has 9 heteroatoms. The first kappa shape index (κ1) is 22.9. The highest BCUT2D eigenvalue weighted by atomic mass is 32.2. The Morgan fingerprint density at radius 1 is 1.03 bits per heavy atom. The molecule has 1 heterocycles. The number of rotatable bonds is 7. The summed E-state index contributed by atoms with van der Waals surface area (Å²) in [6, 6.07) is 14.0. The SMILES string of the molecule is CCOc1ccc(N2CCCN(C(=O)Nc3ccc(S(=O)(=O)CCN)cc3)CC2)cc1. The summed E-state index contributed by atoms with van der Waals surface area (Å²) in [6.45, 7) is 5.52. The van der Waals surface area contributed by atoms with Gasteiger partial charge in [0, 0.05) is 44.1 Å². The lowest BCUT2D eigenvalue weighted by atomic mass is 10.2. The molecule has 1 aliphatic rings. The Balaban J connectivity index is 1.57. The second kappa shape index (κ2) is 10.5. The molecule has 0 spiro atoms. The van der Waals surface area contributed by atoms with Gasteiger partial charge in [-0.25, -0.2) is 13.2 Å². The van der Waals surface area contributed by atoms with E-state index in [9.17, 15) is 13.2 Å². The number of benzene rings is 2. The minimum atomic E-state index is -3.38. The fourth-order valence-corrected chi connectivity index (χ4v) is 4.62. The molecule has 0 bridgehead atoms. The highest BCUT2D eigenvalue weighted by Gasteiger charge is 2.20.